The van der Waals surface area contributed by atoms with Gasteiger partial charge in [0, 0.05) is 12.0 Å². The second kappa shape index (κ2) is 5.01. The van der Waals surface area contributed by atoms with Gasteiger partial charge in [-0.3, -0.25) is 0 Å². The standard InChI is InChI=1S/C16H24BNO3/c1-15(2)16(3,4)21-17(20-15)13-8-5-11(10-18)9-14(13)19-12-6-7-12/h5,8-9,12H,6-7,10,18H2,1-4H3. The van der Waals surface area contributed by atoms with Crippen LogP contribution in [-0.4, -0.2) is 24.4 Å². The molecule has 1 saturated heterocycles. The molecule has 0 unspecified atom stereocenters. The minimum Gasteiger partial charge on any atom is -0.491 e. The molecule has 2 aliphatic rings. The van der Waals surface area contributed by atoms with Gasteiger partial charge in [0.25, 0.3) is 0 Å². The van der Waals surface area contributed by atoms with Gasteiger partial charge in [-0.25, -0.2) is 0 Å². The topological polar surface area (TPSA) is 53.7 Å². The van der Waals surface area contributed by atoms with Crippen LogP contribution in [0.3, 0.4) is 0 Å². The molecule has 0 aromatic heterocycles. The molecule has 2 fully saturated rings. The third-order valence-corrected chi connectivity index (χ3v) is 4.64. The molecule has 1 heterocycles. The highest BCUT2D eigenvalue weighted by atomic mass is 16.7. The molecule has 0 spiro atoms. The molecular weight excluding hydrogens is 265 g/mol. The van der Waals surface area contributed by atoms with Gasteiger partial charge < -0.3 is 19.8 Å². The zero-order chi connectivity index (χ0) is 15.3. The third kappa shape index (κ3) is 2.82. The van der Waals surface area contributed by atoms with Crippen molar-refractivity contribution < 1.29 is 14.0 Å². The summed E-state index contributed by atoms with van der Waals surface area (Å²) >= 11 is 0. The summed E-state index contributed by atoms with van der Waals surface area (Å²) in [6.07, 6.45) is 2.57. The van der Waals surface area contributed by atoms with Crippen molar-refractivity contribution in [2.75, 3.05) is 0 Å². The third-order valence-electron chi connectivity index (χ3n) is 4.64. The van der Waals surface area contributed by atoms with E-state index in [9.17, 15) is 0 Å². The van der Waals surface area contributed by atoms with Gasteiger partial charge >= 0.3 is 7.12 Å². The Morgan fingerprint density at radius 3 is 2.33 bits per heavy atom. The van der Waals surface area contributed by atoms with Gasteiger partial charge in [0.15, 0.2) is 0 Å². The average Bonchev–Trinajstić information content (AvgIpc) is 3.17. The highest BCUT2D eigenvalue weighted by Crippen LogP contribution is 2.37. The van der Waals surface area contributed by atoms with Gasteiger partial charge in [-0.05, 0) is 52.2 Å². The van der Waals surface area contributed by atoms with E-state index >= 15 is 0 Å². The van der Waals surface area contributed by atoms with E-state index in [0.717, 1.165) is 29.6 Å². The van der Waals surface area contributed by atoms with Crippen molar-refractivity contribution in [1.82, 2.24) is 0 Å². The average molecular weight is 289 g/mol. The second-order valence-electron chi connectivity index (χ2n) is 6.98. The van der Waals surface area contributed by atoms with Crippen LogP contribution in [0.15, 0.2) is 18.2 Å². The number of nitrogens with two attached hydrogens (primary N) is 1. The molecule has 1 aromatic carbocycles. The molecule has 1 saturated carbocycles. The largest absolute Gasteiger partial charge is 0.498 e. The lowest BCUT2D eigenvalue weighted by Crippen LogP contribution is -2.41. The molecule has 1 aliphatic carbocycles. The molecule has 0 bridgehead atoms. The summed E-state index contributed by atoms with van der Waals surface area (Å²) in [6.45, 7) is 8.74. The SMILES string of the molecule is CC1(C)OB(c2ccc(CN)cc2OC2CC2)OC1(C)C. The Hall–Kier alpha value is -1.04. The molecule has 3 rings (SSSR count). The van der Waals surface area contributed by atoms with Gasteiger partial charge in [0.2, 0.25) is 0 Å². The number of hydrogen-bond acceptors (Lipinski definition) is 4. The first kappa shape index (κ1) is 14.9. The second-order valence-corrected chi connectivity index (χ2v) is 6.98. The summed E-state index contributed by atoms with van der Waals surface area (Å²) in [5.41, 5.74) is 7.06. The van der Waals surface area contributed by atoms with Crippen LogP contribution in [0.5, 0.6) is 5.75 Å². The Kier molecular flexibility index (Phi) is 3.55. The monoisotopic (exact) mass is 289 g/mol. The van der Waals surface area contributed by atoms with Gasteiger partial charge in [-0.15, -0.1) is 0 Å². The Balaban J connectivity index is 1.91. The van der Waals surface area contributed by atoms with E-state index in [-0.39, 0.29) is 11.2 Å². The zero-order valence-electron chi connectivity index (χ0n) is 13.3. The Labute approximate surface area is 127 Å². The first-order valence-electron chi connectivity index (χ1n) is 7.67. The molecule has 21 heavy (non-hydrogen) atoms. The van der Waals surface area contributed by atoms with E-state index in [1.165, 1.54) is 0 Å². The molecule has 4 nitrogen and oxygen atoms in total. The van der Waals surface area contributed by atoms with Gasteiger partial charge in [0.05, 0.1) is 17.3 Å². The van der Waals surface area contributed by atoms with E-state index in [2.05, 4.69) is 27.7 Å². The molecule has 1 aliphatic heterocycles. The molecular formula is C16H24BNO3. The Morgan fingerprint density at radius 2 is 1.81 bits per heavy atom. The number of ether oxygens (including phenoxy) is 1. The van der Waals surface area contributed by atoms with Crippen LogP contribution in [0.2, 0.25) is 0 Å². The summed E-state index contributed by atoms with van der Waals surface area (Å²) in [4.78, 5) is 0. The lowest BCUT2D eigenvalue weighted by molar-refractivity contribution is 0.00578. The van der Waals surface area contributed by atoms with E-state index in [0.29, 0.717) is 12.6 Å². The minimum atomic E-state index is -0.393. The van der Waals surface area contributed by atoms with Gasteiger partial charge in [-0.2, -0.15) is 0 Å². The molecule has 0 atom stereocenters. The van der Waals surface area contributed by atoms with E-state index in [4.69, 9.17) is 19.8 Å². The van der Waals surface area contributed by atoms with Crippen LogP contribution < -0.4 is 15.9 Å². The van der Waals surface area contributed by atoms with Crippen molar-refractivity contribution in [2.24, 2.45) is 5.73 Å². The van der Waals surface area contributed by atoms with Crippen molar-refractivity contribution in [3.63, 3.8) is 0 Å². The molecule has 0 amide bonds. The molecule has 2 N–H and O–H groups in total. The minimum absolute atomic E-state index is 0.333. The normalized spacial score (nSPS) is 23.4. The van der Waals surface area contributed by atoms with Crippen molar-refractivity contribution in [2.45, 2.75) is 64.4 Å². The van der Waals surface area contributed by atoms with Crippen molar-refractivity contribution in [1.29, 1.82) is 0 Å². The van der Waals surface area contributed by atoms with Gasteiger partial charge in [0.1, 0.15) is 5.75 Å². The summed E-state index contributed by atoms with van der Waals surface area (Å²) in [7, 11) is -0.393. The Bertz CT molecular complexity index is 524. The predicted octanol–water partition coefficient (Wildman–Crippen LogP) is 1.99. The van der Waals surface area contributed by atoms with Crippen molar-refractivity contribution >= 4 is 12.6 Å². The Morgan fingerprint density at radius 1 is 1.19 bits per heavy atom. The maximum Gasteiger partial charge on any atom is 0.498 e. The quantitative estimate of drug-likeness (QED) is 0.861. The van der Waals surface area contributed by atoms with Crippen LogP contribution in [-0.2, 0) is 15.9 Å². The molecule has 5 heteroatoms. The van der Waals surface area contributed by atoms with Crippen LogP contribution in [0.4, 0.5) is 0 Å². The first-order valence-corrected chi connectivity index (χ1v) is 7.67. The molecule has 0 radical (unpaired) electrons. The smallest absolute Gasteiger partial charge is 0.491 e. The summed E-state index contributed by atoms with van der Waals surface area (Å²) in [6, 6.07) is 6.04. The van der Waals surface area contributed by atoms with Crippen LogP contribution in [0.25, 0.3) is 0 Å². The van der Waals surface area contributed by atoms with Crippen LogP contribution in [0, 0.1) is 0 Å². The van der Waals surface area contributed by atoms with Crippen molar-refractivity contribution in [3.8, 4) is 5.75 Å². The first-order chi connectivity index (χ1) is 9.82. The van der Waals surface area contributed by atoms with Crippen molar-refractivity contribution in [3.05, 3.63) is 23.8 Å². The maximum atomic E-state index is 6.13. The highest BCUT2D eigenvalue weighted by molar-refractivity contribution is 6.63. The van der Waals surface area contributed by atoms with E-state index in [1.54, 1.807) is 0 Å². The lowest BCUT2D eigenvalue weighted by atomic mass is 9.78. The van der Waals surface area contributed by atoms with Crippen LogP contribution >= 0.6 is 0 Å². The lowest BCUT2D eigenvalue weighted by Gasteiger charge is -2.32. The number of hydrogen-bond donors (Lipinski definition) is 1. The van der Waals surface area contributed by atoms with Crippen LogP contribution in [0.1, 0.15) is 46.1 Å². The number of rotatable bonds is 4. The maximum absolute atomic E-state index is 6.13. The summed E-state index contributed by atoms with van der Waals surface area (Å²) in [5, 5.41) is 0. The fourth-order valence-corrected chi connectivity index (χ4v) is 2.34. The summed E-state index contributed by atoms with van der Waals surface area (Å²) < 4.78 is 18.3. The van der Waals surface area contributed by atoms with E-state index < -0.39 is 7.12 Å². The number of benzene rings is 1. The van der Waals surface area contributed by atoms with Gasteiger partial charge in [-0.1, -0.05) is 12.1 Å². The zero-order valence-corrected chi connectivity index (χ0v) is 13.3. The van der Waals surface area contributed by atoms with E-state index in [1.807, 2.05) is 18.2 Å². The molecule has 1 aromatic rings. The fourth-order valence-electron chi connectivity index (χ4n) is 2.34. The molecule has 114 valence electrons. The summed E-state index contributed by atoms with van der Waals surface area (Å²) in [5.74, 6) is 0.846. The fraction of sp³-hybridized carbons (Fsp3) is 0.625. The predicted molar refractivity (Wildman–Crippen MR) is 83.7 cm³/mol. The highest BCUT2D eigenvalue weighted by Gasteiger charge is 2.52.